The van der Waals surface area contributed by atoms with Crippen LogP contribution in [0.15, 0.2) is 23.1 Å². The fourth-order valence-electron chi connectivity index (χ4n) is 1.14. The number of benzene rings is 1. The molecular weight excluding hydrogens is 213 g/mol. The molecular formula is C11H16FNOS. The first-order chi connectivity index (χ1) is 7.24. The quantitative estimate of drug-likeness (QED) is 0.463. The maximum atomic E-state index is 12.7. The third-order valence-electron chi connectivity index (χ3n) is 1.87. The Bertz CT molecular complexity index is 307. The van der Waals surface area contributed by atoms with Crippen molar-refractivity contribution in [2.45, 2.75) is 18.2 Å². The molecule has 0 aliphatic rings. The molecule has 84 valence electrons. The molecule has 4 heteroatoms. The zero-order valence-electron chi connectivity index (χ0n) is 8.83. The van der Waals surface area contributed by atoms with E-state index in [2.05, 4.69) is 0 Å². The van der Waals surface area contributed by atoms with E-state index in [-0.39, 0.29) is 5.82 Å². The van der Waals surface area contributed by atoms with Gasteiger partial charge in [-0.2, -0.15) is 0 Å². The van der Waals surface area contributed by atoms with Gasteiger partial charge >= 0.3 is 0 Å². The summed E-state index contributed by atoms with van der Waals surface area (Å²) in [4.78, 5) is 0.938. The van der Waals surface area contributed by atoms with Gasteiger partial charge in [0.1, 0.15) is 5.82 Å². The van der Waals surface area contributed by atoms with E-state index >= 15 is 0 Å². The summed E-state index contributed by atoms with van der Waals surface area (Å²) in [6, 6.07) is 4.50. The van der Waals surface area contributed by atoms with E-state index in [1.165, 1.54) is 12.1 Å². The maximum Gasteiger partial charge on any atom is 0.125 e. The van der Waals surface area contributed by atoms with Crippen molar-refractivity contribution in [3.63, 3.8) is 0 Å². The molecule has 0 fully saturated rings. The molecule has 1 aromatic carbocycles. The first kappa shape index (κ1) is 12.3. The van der Waals surface area contributed by atoms with Crippen molar-refractivity contribution >= 4 is 17.4 Å². The molecule has 0 atom stereocenters. The summed E-state index contributed by atoms with van der Waals surface area (Å²) >= 11 is 1.63. The lowest BCUT2D eigenvalue weighted by Gasteiger charge is -2.05. The Morgan fingerprint density at radius 2 is 2.27 bits per heavy atom. The summed E-state index contributed by atoms with van der Waals surface area (Å²) in [6.45, 7) is 3.50. The molecule has 1 rings (SSSR count). The van der Waals surface area contributed by atoms with Gasteiger partial charge in [0.2, 0.25) is 0 Å². The van der Waals surface area contributed by atoms with E-state index in [0.717, 1.165) is 30.3 Å². The van der Waals surface area contributed by atoms with Crippen molar-refractivity contribution in [3.05, 3.63) is 24.0 Å². The van der Waals surface area contributed by atoms with Crippen LogP contribution in [0.5, 0.6) is 0 Å². The average molecular weight is 229 g/mol. The van der Waals surface area contributed by atoms with Crippen molar-refractivity contribution in [2.75, 3.05) is 24.7 Å². The Kier molecular flexibility index (Phi) is 5.50. The van der Waals surface area contributed by atoms with Crippen LogP contribution in [-0.2, 0) is 4.74 Å². The Morgan fingerprint density at radius 3 is 2.93 bits per heavy atom. The molecule has 0 radical (unpaired) electrons. The second-order valence-electron chi connectivity index (χ2n) is 3.08. The molecule has 2 nitrogen and oxygen atoms in total. The number of thioether (sulfide) groups is 1. The van der Waals surface area contributed by atoms with Crippen LogP contribution < -0.4 is 5.73 Å². The summed E-state index contributed by atoms with van der Waals surface area (Å²) in [6.07, 6.45) is 0.981. The Hall–Kier alpha value is -0.740. The topological polar surface area (TPSA) is 35.2 Å². The summed E-state index contributed by atoms with van der Waals surface area (Å²) in [5, 5.41) is 0. The van der Waals surface area contributed by atoms with Crippen molar-refractivity contribution < 1.29 is 9.13 Å². The van der Waals surface area contributed by atoms with Gasteiger partial charge in [0.25, 0.3) is 0 Å². The molecule has 0 heterocycles. The molecule has 0 aliphatic heterocycles. The van der Waals surface area contributed by atoms with E-state index in [1.807, 2.05) is 6.92 Å². The normalized spacial score (nSPS) is 10.5. The zero-order valence-corrected chi connectivity index (χ0v) is 9.65. The van der Waals surface area contributed by atoms with Crippen LogP contribution in [0.25, 0.3) is 0 Å². The largest absolute Gasteiger partial charge is 0.398 e. The van der Waals surface area contributed by atoms with Crippen molar-refractivity contribution in [3.8, 4) is 0 Å². The highest BCUT2D eigenvalue weighted by Gasteiger charge is 2.01. The molecule has 15 heavy (non-hydrogen) atoms. The van der Waals surface area contributed by atoms with E-state index < -0.39 is 0 Å². The van der Waals surface area contributed by atoms with Crippen LogP contribution in [-0.4, -0.2) is 19.0 Å². The molecule has 0 aromatic heterocycles. The predicted octanol–water partition coefficient (Wildman–Crippen LogP) is 2.93. The minimum atomic E-state index is -0.286. The van der Waals surface area contributed by atoms with E-state index in [0.29, 0.717) is 5.69 Å². The van der Waals surface area contributed by atoms with Crippen LogP contribution in [0.1, 0.15) is 13.3 Å². The first-order valence-corrected chi connectivity index (χ1v) is 5.98. The second-order valence-corrected chi connectivity index (χ2v) is 4.22. The predicted molar refractivity (Wildman–Crippen MR) is 62.6 cm³/mol. The summed E-state index contributed by atoms with van der Waals surface area (Å²) < 4.78 is 17.9. The third-order valence-corrected chi connectivity index (χ3v) is 3.04. The van der Waals surface area contributed by atoms with E-state index in [4.69, 9.17) is 10.5 Å². The highest BCUT2D eigenvalue weighted by Crippen LogP contribution is 2.25. The van der Waals surface area contributed by atoms with Gasteiger partial charge in [-0.25, -0.2) is 4.39 Å². The van der Waals surface area contributed by atoms with Crippen LogP contribution >= 0.6 is 11.8 Å². The zero-order chi connectivity index (χ0) is 11.1. The average Bonchev–Trinajstić information content (AvgIpc) is 2.20. The molecule has 0 bridgehead atoms. The molecule has 0 aliphatic carbocycles. The fourth-order valence-corrected chi connectivity index (χ4v) is 2.01. The van der Waals surface area contributed by atoms with Gasteiger partial charge in [-0.3, -0.25) is 0 Å². The summed E-state index contributed by atoms with van der Waals surface area (Å²) in [5.41, 5.74) is 6.18. The van der Waals surface area contributed by atoms with Crippen LogP contribution in [0.4, 0.5) is 10.1 Å². The number of anilines is 1. The molecule has 0 saturated heterocycles. The van der Waals surface area contributed by atoms with Crippen molar-refractivity contribution in [1.82, 2.24) is 0 Å². The number of nitrogens with two attached hydrogens (primary N) is 1. The third kappa shape index (κ3) is 4.53. The lowest BCUT2D eigenvalue weighted by atomic mass is 10.3. The Labute approximate surface area is 94.0 Å². The van der Waals surface area contributed by atoms with Gasteiger partial charge in [-0.15, -0.1) is 11.8 Å². The Morgan fingerprint density at radius 1 is 1.47 bits per heavy atom. The van der Waals surface area contributed by atoms with E-state index in [1.54, 1.807) is 17.8 Å². The number of hydrogen-bond donors (Lipinski definition) is 1. The van der Waals surface area contributed by atoms with Crippen LogP contribution in [0.3, 0.4) is 0 Å². The van der Waals surface area contributed by atoms with Gasteiger partial charge in [0, 0.05) is 29.5 Å². The lowest BCUT2D eigenvalue weighted by Crippen LogP contribution is -1.95. The molecule has 2 N–H and O–H groups in total. The van der Waals surface area contributed by atoms with Gasteiger partial charge in [0.15, 0.2) is 0 Å². The minimum absolute atomic E-state index is 0.286. The maximum absolute atomic E-state index is 12.7. The molecule has 0 spiro atoms. The molecule has 0 saturated carbocycles. The number of ether oxygens (including phenoxy) is 1. The van der Waals surface area contributed by atoms with E-state index in [9.17, 15) is 4.39 Å². The Balaban J connectivity index is 2.31. The molecule has 0 amide bonds. The fraction of sp³-hybridized carbons (Fsp3) is 0.455. The van der Waals surface area contributed by atoms with Crippen molar-refractivity contribution in [2.24, 2.45) is 0 Å². The first-order valence-electron chi connectivity index (χ1n) is 4.99. The number of nitrogen functional groups attached to an aromatic ring is 1. The smallest absolute Gasteiger partial charge is 0.125 e. The number of halogens is 1. The van der Waals surface area contributed by atoms with Gasteiger partial charge in [0.05, 0.1) is 0 Å². The standard InChI is InChI=1S/C11H16FNOS/c1-2-14-6-3-7-15-11-5-4-9(12)8-10(11)13/h4-5,8H,2-3,6-7,13H2,1H3. The lowest BCUT2D eigenvalue weighted by molar-refractivity contribution is 0.149. The molecule has 0 unspecified atom stereocenters. The minimum Gasteiger partial charge on any atom is -0.398 e. The highest BCUT2D eigenvalue weighted by atomic mass is 32.2. The monoisotopic (exact) mass is 229 g/mol. The van der Waals surface area contributed by atoms with Gasteiger partial charge in [-0.05, 0) is 31.5 Å². The molecule has 1 aromatic rings. The number of rotatable bonds is 6. The highest BCUT2D eigenvalue weighted by molar-refractivity contribution is 7.99. The number of hydrogen-bond acceptors (Lipinski definition) is 3. The summed E-state index contributed by atoms with van der Waals surface area (Å²) in [5.74, 6) is 0.654. The van der Waals surface area contributed by atoms with Gasteiger partial charge < -0.3 is 10.5 Å². The SMILES string of the molecule is CCOCCCSc1ccc(F)cc1N. The van der Waals surface area contributed by atoms with Crippen LogP contribution in [0.2, 0.25) is 0 Å². The summed E-state index contributed by atoms with van der Waals surface area (Å²) in [7, 11) is 0. The van der Waals surface area contributed by atoms with Crippen LogP contribution in [0, 0.1) is 5.82 Å². The second kappa shape index (κ2) is 6.69. The van der Waals surface area contributed by atoms with Gasteiger partial charge in [-0.1, -0.05) is 0 Å². The van der Waals surface area contributed by atoms with Crippen molar-refractivity contribution in [1.29, 1.82) is 0 Å².